The van der Waals surface area contributed by atoms with Crippen molar-refractivity contribution >= 4 is 18.7 Å². The summed E-state index contributed by atoms with van der Waals surface area (Å²) in [7, 11) is 0. The molecule has 2 heterocycles. The number of rotatable bonds is 1. The highest BCUT2D eigenvalue weighted by Gasteiger charge is 2.12. The lowest BCUT2D eigenvalue weighted by molar-refractivity contribution is -0.104. The van der Waals surface area contributed by atoms with Crippen LogP contribution in [0.25, 0.3) is 0 Å². The van der Waals surface area contributed by atoms with Gasteiger partial charge in [-0.25, -0.2) is 0 Å². The van der Waals surface area contributed by atoms with Crippen molar-refractivity contribution in [3.63, 3.8) is 0 Å². The number of hydrogen-bond acceptors (Lipinski definition) is 4. The lowest BCUT2D eigenvalue weighted by Gasteiger charge is -2.17. The molecule has 0 saturated heterocycles. The third kappa shape index (κ3) is 1.07. The molecule has 0 atom stereocenters. The van der Waals surface area contributed by atoms with Gasteiger partial charge in [0.2, 0.25) is 0 Å². The summed E-state index contributed by atoms with van der Waals surface area (Å²) >= 11 is 0. The molecule has 2 aliphatic heterocycles. The van der Waals surface area contributed by atoms with Crippen LogP contribution in [0.1, 0.15) is 0 Å². The Morgan fingerprint density at radius 2 is 2.50 bits per heavy atom. The third-order valence-electron chi connectivity index (χ3n) is 1.69. The molecule has 2 bridgehead atoms. The third-order valence-corrected chi connectivity index (χ3v) is 1.69. The number of allylic oxidation sites excluding steroid dienone is 2. The Labute approximate surface area is 69.6 Å². The highest BCUT2D eigenvalue weighted by Crippen LogP contribution is 2.13. The molecule has 0 N–H and O–H groups in total. The van der Waals surface area contributed by atoms with Crippen LogP contribution in [-0.2, 0) is 4.79 Å². The van der Waals surface area contributed by atoms with Crippen LogP contribution in [0.15, 0.2) is 33.6 Å². The molecule has 0 aliphatic carbocycles. The first-order valence-corrected chi connectivity index (χ1v) is 3.60. The average Bonchev–Trinajstić information content (AvgIpc) is 2.29. The molecular weight excluding hydrogens is 154 g/mol. The monoisotopic (exact) mass is 161 g/mol. The number of carbonyl (C=O) groups is 1. The zero-order chi connectivity index (χ0) is 8.39. The van der Waals surface area contributed by atoms with E-state index in [4.69, 9.17) is 0 Å². The zero-order valence-corrected chi connectivity index (χ0v) is 6.34. The van der Waals surface area contributed by atoms with Gasteiger partial charge in [-0.3, -0.25) is 14.8 Å². The molecule has 60 valence electrons. The van der Waals surface area contributed by atoms with Gasteiger partial charge < -0.3 is 0 Å². The Morgan fingerprint density at radius 3 is 3.33 bits per heavy atom. The van der Waals surface area contributed by atoms with Crippen LogP contribution in [0.3, 0.4) is 0 Å². The van der Waals surface area contributed by atoms with E-state index in [1.54, 1.807) is 17.3 Å². The predicted molar refractivity (Wildman–Crippen MR) is 45.9 cm³/mol. The molecule has 2 rings (SSSR count). The minimum atomic E-state index is 0.561. The Morgan fingerprint density at radius 1 is 1.58 bits per heavy atom. The van der Waals surface area contributed by atoms with Crippen molar-refractivity contribution in [3.05, 3.63) is 23.5 Å². The smallest absolute Gasteiger partial charge is 0.153 e. The van der Waals surface area contributed by atoms with Crippen molar-refractivity contribution in [1.82, 2.24) is 5.01 Å². The molecule has 0 fully saturated rings. The summed E-state index contributed by atoms with van der Waals surface area (Å²) in [6.07, 6.45) is 7.57. The lowest BCUT2D eigenvalue weighted by atomic mass is 10.2. The maximum atomic E-state index is 10.5. The first-order valence-electron chi connectivity index (χ1n) is 3.60. The van der Waals surface area contributed by atoms with E-state index in [9.17, 15) is 4.79 Å². The van der Waals surface area contributed by atoms with E-state index >= 15 is 0 Å². The summed E-state index contributed by atoms with van der Waals surface area (Å²) < 4.78 is 0. The van der Waals surface area contributed by atoms with Crippen LogP contribution in [0.5, 0.6) is 0 Å². The minimum Gasteiger partial charge on any atom is -0.298 e. The first kappa shape index (κ1) is 6.97. The fourth-order valence-electron chi connectivity index (χ4n) is 1.07. The van der Waals surface area contributed by atoms with E-state index in [2.05, 4.69) is 10.1 Å². The van der Waals surface area contributed by atoms with Gasteiger partial charge in [0.05, 0.1) is 24.0 Å². The molecule has 0 unspecified atom stereocenters. The molecule has 0 saturated carbocycles. The van der Waals surface area contributed by atoms with Crippen LogP contribution in [0.2, 0.25) is 0 Å². The summed E-state index contributed by atoms with van der Waals surface area (Å²) in [5, 5.41) is 5.75. The molecule has 2 aliphatic rings. The van der Waals surface area contributed by atoms with Gasteiger partial charge in [0.15, 0.2) is 6.29 Å². The first-order chi connectivity index (χ1) is 5.90. The second-order valence-corrected chi connectivity index (χ2v) is 2.48. The van der Waals surface area contributed by atoms with E-state index < -0.39 is 0 Å². The molecule has 0 aromatic carbocycles. The van der Waals surface area contributed by atoms with Crippen LogP contribution in [0.4, 0.5) is 0 Å². The molecule has 4 nitrogen and oxygen atoms in total. The van der Waals surface area contributed by atoms with Crippen molar-refractivity contribution in [2.75, 3.05) is 6.54 Å². The van der Waals surface area contributed by atoms with E-state index in [1.165, 1.54) is 6.21 Å². The molecule has 0 spiro atoms. The van der Waals surface area contributed by atoms with E-state index in [-0.39, 0.29) is 0 Å². The second-order valence-electron chi connectivity index (χ2n) is 2.48. The molecule has 0 amide bonds. The SMILES string of the molecule is O=CC1=C2CN(C=CC=N2)N=C1. The van der Waals surface area contributed by atoms with Gasteiger partial charge >= 0.3 is 0 Å². The van der Waals surface area contributed by atoms with Crippen LogP contribution < -0.4 is 0 Å². The van der Waals surface area contributed by atoms with Crippen molar-refractivity contribution < 1.29 is 4.79 Å². The minimum absolute atomic E-state index is 0.561. The fourth-order valence-corrected chi connectivity index (χ4v) is 1.07. The number of aldehydes is 1. The standard InChI is InChI=1S/C8H7N3O/c12-6-7-4-10-11-3-1-2-9-8(7)5-11/h1-4,6H,5H2. The predicted octanol–water partition coefficient (Wildman–Crippen LogP) is 0.339. The summed E-state index contributed by atoms with van der Waals surface area (Å²) in [6.45, 7) is 0.581. The zero-order valence-electron chi connectivity index (χ0n) is 6.34. The highest BCUT2D eigenvalue weighted by molar-refractivity contribution is 6.03. The largest absolute Gasteiger partial charge is 0.298 e. The summed E-state index contributed by atoms with van der Waals surface area (Å²) in [6, 6.07) is 0. The van der Waals surface area contributed by atoms with Gasteiger partial charge in [0, 0.05) is 12.4 Å². The van der Waals surface area contributed by atoms with E-state index in [0.717, 1.165) is 12.0 Å². The number of hydrazone groups is 1. The van der Waals surface area contributed by atoms with Crippen molar-refractivity contribution in [2.45, 2.75) is 0 Å². The number of aliphatic imine (C=N–C) groups is 1. The lowest BCUT2D eigenvalue weighted by Crippen LogP contribution is -2.18. The number of nitrogens with zero attached hydrogens (tertiary/aromatic N) is 3. The number of hydrogen-bond donors (Lipinski definition) is 0. The van der Waals surface area contributed by atoms with E-state index in [1.807, 2.05) is 6.20 Å². The van der Waals surface area contributed by atoms with Gasteiger partial charge in [0.1, 0.15) is 0 Å². The summed E-state index contributed by atoms with van der Waals surface area (Å²) in [4.78, 5) is 14.6. The quantitative estimate of drug-likeness (QED) is 0.520. The Bertz CT molecular complexity index is 325. The number of carbonyl (C=O) groups excluding carboxylic acids is 1. The fraction of sp³-hybridized carbons (Fsp3) is 0.125. The topological polar surface area (TPSA) is 45.0 Å². The van der Waals surface area contributed by atoms with Crippen molar-refractivity contribution in [3.8, 4) is 0 Å². The Hall–Kier alpha value is -1.71. The Balaban J connectivity index is 2.44. The summed E-state index contributed by atoms with van der Waals surface area (Å²) in [5.41, 5.74) is 1.33. The van der Waals surface area contributed by atoms with Gasteiger partial charge in [-0.1, -0.05) is 0 Å². The molecule has 12 heavy (non-hydrogen) atoms. The maximum Gasteiger partial charge on any atom is 0.153 e. The van der Waals surface area contributed by atoms with Gasteiger partial charge in [0.25, 0.3) is 0 Å². The van der Waals surface area contributed by atoms with Crippen LogP contribution >= 0.6 is 0 Å². The molecule has 0 aromatic heterocycles. The van der Waals surface area contributed by atoms with E-state index in [0.29, 0.717) is 12.1 Å². The van der Waals surface area contributed by atoms with Crippen LogP contribution in [-0.4, -0.2) is 30.3 Å². The molecular formula is C8H7N3O. The van der Waals surface area contributed by atoms with Crippen molar-refractivity contribution in [1.29, 1.82) is 0 Å². The normalized spacial score (nSPS) is 19.8. The van der Waals surface area contributed by atoms with Crippen molar-refractivity contribution in [2.24, 2.45) is 10.1 Å². The second kappa shape index (κ2) is 2.73. The maximum absolute atomic E-state index is 10.5. The average molecular weight is 161 g/mol. The van der Waals surface area contributed by atoms with Gasteiger partial charge in [-0.2, -0.15) is 5.10 Å². The van der Waals surface area contributed by atoms with Crippen LogP contribution in [0, 0.1) is 0 Å². The number of fused-ring (bicyclic) bond motifs is 2. The highest BCUT2D eigenvalue weighted by atomic mass is 16.1. The molecule has 0 radical (unpaired) electrons. The molecule has 4 heteroatoms. The van der Waals surface area contributed by atoms with Gasteiger partial charge in [-0.15, -0.1) is 0 Å². The Kier molecular flexibility index (Phi) is 1.59. The summed E-state index contributed by atoms with van der Waals surface area (Å²) in [5.74, 6) is 0. The molecule has 0 aromatic rings. The van der Waals surface area contributed by atoms with Gasteiger partial charge in [-0.05, 0) is 6.08 Å².